The zero-order chi connectivity index (χ0) is 13.9. The molecule has 0 unspecified atom stereocenters. The molecule has 0 radical (unpaired) electrons. The predicted molar refractivity (Wildman–Crippen MR) is 70.7 cm³/mol. The highest BCUT2D eigenvalue weighted by Crippen LogP contribution is 2.17. The minimum absolute atomic E-state index is 0.0200. The lowest BCUT2D eigenvalue weighted by atomic mass is 10.4. The van der Waals surface area contributed by atoms with Crippen molar-refractivity contribution in [3.8, 4) is 0 Å². The van der Waals surface area contributed by atoms with Crippen LogP contribution in [0.15, 0.2) is 28.1 Å². The van der Waals surface area contributed by atoms with Crippen LogP contribution in [0.1, 0.15) is 6.42 Å². The molecule has 0 saturated heterocycles. The number of rotatable bonds is 6. The predicted octanol–water partition coefficient (Wildman–Crippen LogP) is 0.143. The van der Waals surface area contributed by atoms with Crippen molar-refractivity contribution in [1.29, 1.82) is 0 Å². The largest absolute Gasteiger partial charge is 0.273 e. The third kappa shape index (κ3) is 3.39. The van der Waals surface area contributed by atoms with Crippen LogP contribution < -0.4 is 4.72 Å². The molecule has 0 aliphatic carbocycles. The second kappa shape index (κ2) is 5.80. The molecule has 0 fully saturated rings. The fourth-order valence-corrected chi connectivity index (χ4v) is 3.72. The number of aryl methyl sites for hydroxylation is 2. The van der Waals surface area contributed by atoms with Crippen LogP contribution in [0.2, 0.25) is 0 Å². The van der Waals surface area contributed by atoms with Gasteiger partial charge in [-0.2, -0.15) is 5.10 Å². The molecule has 104 valence electrons. The van der Waals surface area contributed by atoms with Crippen molar-refractivity contribution in [1.82, 2.24) is 29.5 Å². The van der Waals surface area contributed by atoms with Crippen LogP contribution in [-0.4, -0.2) is 39.7 Å². The lowest BCUT2D eigenvalue weighted by Gasteiger charge is -2.06. The summed E-state index contributed by atoms with van der Waals surface area (Å²) < 4.78 is 29.7. The van der Waals surface area contributed by atoms with E-state index in [0.29, 0.717) is 19.5 Å². The van der Waals surface area contributed by atoms with Crippen LogP contribution >= 0.6 is 15.9 Å². The topological polar surface area (TPSA) is 94.7 Å². The second-order valence-electron chi connectivity index (χ2n) is 3.83. The molecular formula is C9H13BrN6O2S. The molecule has 0 aliphatic heterocycles. The van der Waals surface area contributed by atoms with Gasteiger partial charge < -0.3 is 0 Å². The van der Waals surface area contributed by atoms with Crippen molar-refractivity contribution in [2.24, 2.45) is 7.05 Å². The van der Waals surface area contributed by atoms with Crippen LogP contribution in [0.4, 0.5) is 0 Å². The molecule has 0 bridgehead atoms. The summed E-state index contributed by atoms with van der Waals surface area (Å²) in [6.07, 6.45) is 4.16. The van der Waals surface area contributed by atoms with Crippen molar-refractivity contribution in [2.45, 2.75) is 18.0 Å². The third-order valence-corrected chi connectivity index (χ3v) is 4.75. The maximum atomic E-state index is 12.0. The Labute approximate surface area is 119 Å². The molecule has 2 aromatic rings. The first-order chi connectivity index (χ1) is 9.00. The van der Waals surface area contributed by atoms with E-state index in [4.69, 9.17) is 0 Å². The average Bonchev–Trinajstić information content (AvgIpc) is 2.95. The summed E-state index contributed by atoms with van der Waals surface area (Å²) in [6, 6.07) is 1.82. The normalized spacial score (nSPS) is 11.9. The molecule has 1 N–H and O–H groups in total. The van der Waals surface area contributed by atoms with Gasteiger partial charge in [-0.3, -0.25) is 4.68 Å². The van der Waals surface area contributed by atoms with Crippen LogP contribution in [0.25, 0.3) is 0 Å². The lowest BCUT2D eigenvalue weighted by Crippen LogP contribution is -2.27. The van der Waals surface area contributed by atoms with Crippen molar-refractivity contribution >= 4 is 26.0 Å². The van der Waals surface area contributed by atoms with Crippen LogP contribution in [0.5, 0.6) is 0 Å². The van der Waals surface area contributed by atoms with Gasteiger partial charge in [0.05, 0.1) is 0 Å². The molecule has 2 heterocycles. The van der Waals surface area contributed by atoms with Crippen LogP contribution in [0, 0.1) is 0 Å². The molecule has 2 rings (SSSR count). The molecule has 0 amide bonds. The molecule has 0 aliphatic rings. The molecule has 0 atom stereocenters. The van der Waals surface area contributed by atoms with Gasteiger partial charge in [0.2, 0.25) is 5.03 Å². The zero-order valence-corrected chi connectivity index (χ0v) is 12.6. The first-order valence-corrected chi connectivity index (χ1v) is 7.80. The summed E-state index contributed by atoms with van der Waals surface area (Å²) >= 11 is 3.07. The SMILES string of the molecule is Cn1nnc(Br)c1S(=O)(=O)NCCCn1cccn1. The highest BCUT2D eigenvalue weighted by atomic mass is 79.9. The molecule has 8 nitrogen and oxygen atoms in total. The summed E-state index contributed by atoms with van der Waals surface area (Å²) in [4.78, 5) is 0. The van der Waals surface area contributed by atoms with E-state index < -0.39 is 10.0 Å². The molecule has 19 heavy (non-hydrogen) atoms. The first-order valence-electron chi connectivity index (χ1n) is 5.53. The summed E-state index contributed by atoms with van der Waals surface area (Å²) in [5.74, 6) is 0. The molecule has 0 aromatic carbocycles. The van der Waals surface area contributed by atoms with Gasteiger partial charge in [-0.25, -0.2) is 17.8 Å². The highest BCUT2D eigenvalue weighted by molar-refractivity contribution is 9.10. The maximum Gasteiger partial charge on any atom is 0.260 e. The number of halogens is 1. The molecule has 0 saturated carbocycles. The van der Waals surface area contributed by atoms with E-state index in [1.54, 1.807) is 10.9 Å². The fraction of sp³-hybridized carbons (Fsp3) is 0.444. The van der Waals surface area contributed by atoms with E-state index in [9.17, 15) is 8.42 Å². The quantitative estimate of drug-likeness (QED) is 0.749. The minimum atomic E-state index is -3.61. The van der Waals surface area contributed by atoms with E-state index in [-0.39, 0.29) is 9.63 Å². The number of nitrogens with one attached hydrogen (secondary N) is 1. The Hall–Kier alpha value is -1.26. The maximum absolute atomic E-state index is 12.0. The molecular weight excluding hydrogens is 336 g/mol. The van der Waals surface area contributed by atoms with Gasteiger partial charge in [-0.1, -0.05) is 5.21 Å². The lowest BCUT2D eigenvalue weighted by molar-refractivity contribution is 0.542. The van der Waals surface area contributed by atoms with Gasteiger partial charge in [0.1, 0.15) is 0 Å². The monoisotopic (exact) mass is 348 g/mol. The Morgan fingerprint density at radius 3 is 2.84 bits per heavy atom. The molecule has 10 heteroatoms. The van der Waals surface area contributed by atoms with Gasteiger partial charge >= 0.3 is 0 Å². The van der Waals surface area contributed by atoms with E-state index in [1.807, 2.05) is 12.3 Å². The number of nitrogens with zero attached hydrogens (tertiary/aromatic N) is 5. The van der Waals surface area contributed by atoms with Gasteiger partial charge in [0.15, 0.2) is 4.60 Å². The third-order valence-electron chi connectivity index (χ3n) is 2.41. The summed E-state index contributed by atoms with van der Waals surface area (Å²) in [5.41, 5.74) is 0. The Kier molecular flexibility index (Phi) is 4.32. The standard InChI is InChI=1S/C9H13BrN6O2S/c1-15-9(8(10)13-14-15)19(17,18)12-5-3-7-16-6-2-4-11-16/h2,4,6,12H,3,5,7H2,1H3. The summed E-state index contributed by atoms with van der Waals surface area (Å²) in [7, 11) is -2.08. The van der Waals surface area contributed by atoms with Gasteiger partial charge in [-0.15, -0.1) is 5.10 Å². The number of hydrogen-bond acceptors (Lipinski definition) is 5. The molecule has 0 spiro atoms. The Balaban J connectivity index is 1.92. The number of aromatic nitrogens is 5. The van der Waals surface area contributed by atoms with Crippen LogP contribution in [-0.2, 0) is 23.6 Å². The zero-order valence-electron chi connectivity index (χ0n) is 10.2. The van der Waals surface area contributed by atoms with E-state index in [1.165, 1.54) is 11.7 Å². The van der Waals surface area contributed by atoms with E-state index in [0.717, 1.165) is 0 Å². The number of sulfonamides is 1. The van der Waals surface area contributed by atoms with Gasteiger partial charge in [-0.05, 0) is 28.4 Å². The fourth-order valence-electron chi connectivity index (χ4n) is 1.56. The summed E-state index contributed by atoms with van der Waals surface area (Å²) in [5, 5.41) is 11.3. The van der Waals surface area contributed by atoms with Crippen molar-refractivity contribution in [2.75, 3.05) is 6.54 Å². The van der Waals surface area contributed by atoms with Crippen molar-refractivity contribution < 1.29 is 8.42 Å². The Morgan fingerprint density at radius 2 is 2.26 bits per heavy atom. The second-order valence-corrected chi connectivity index (χ2v) is 6.26. The average molecular weight is 349 g/mol. The molecule has 2 aromatic heterocycles. The Morgan fingerprint density at radius 1 is 1.47 bits per heavy atom. The Bertz CT molecular complexity index is 616. The van der Waals surface area contributed by atoms with E-state index >= 15 is 0 Å². The number of hydrogen-bond donors (Lipinski definition) is 1. The van der Waals surface area contributed by atoms with Crippen molar-refractivity contribution in [3.05, 3.63) is 23.1 Å². The van der Waals surface area contributed by atoms with E-state index in [2.05, 4.69) is 36.1 Å². The highest BCUT2D eigenvalue weighted by Gasteiger charge is 2.23. The minimum Gasteiger partial charge on any atom is -0.273 e. The summed E-state index contributed by atoms with van der Waals surface area (Å²) in [6.45, 7) is 0.972. The van der Waals surface area contributed by atoms with Gasteiger partial charge in [0.25, 0.3) is 10.0 Å². The smallest absolute Gasteiger partial charge is 0.260 e. The van der Waals surface area contributed by atoms with Crippen molar-refractivity contribution in [3.63, 3.8) is 0 Å². The van der Waals surface area contributed by atoms with Gasteiger partial charge in [0, 0.05) is 32.5 Å². The first kappa shape index (κ1) is 14.2. The van der Waals surface area contributed by atoms with Crippen LogP contribution in [0.3, 0.4) is 0 Å².